The zero-order valence-electron chi connectivity index (χ0n) is 12.9. The van der Waals surface area contributed by atoms with Crippen LogP contribution in [-0.2, 0) is 0 Å². The van der Waals surface area contributed by atoms with Crippen LogP contribution in [0.25, 0.3) is 0 Å². The van der Waals surface area contributed by atoms with Crippen LogP contribution in [0.2, 0.25) is 0 Å². The first-order valence-corrected chi connectivity index (χ1v) is 8.78. The van der Waals surface area contributed by atoms with Crippen LogP contribution in [0.4, 0.5) is 4.79 Å². The maximum atomic E-state index is 12.9. The van der Waals surface area contributed by atoms with Crippen LogP contribution < -0.4 is 0 Å². The van der Waals surface area contributed by atoms with Crippen LogP contribution in [-0.4, -0.2) is 51.2 Å². The Labute approximate surface area is 126 Å². The molecule has 2 heterocycles. The van der Waals surface area contributed by atoms with E-state index >= 15 is 0 Å². The summed E-state index contributed by atoms with van der Waals surface area (Å²) in [5.41, 5.74) is -0.307. The standard InChI is InChI=1S/C17H26N2O2/c1-16-3-2-4-19(16)15(20)18(10-16)14-12-5-11-6-13(14)9-17(21,7-11)8-12/h11-14,21H,2-10H2,1H3/t11?,12?,13?,14?,16-,17?/m0/s1. The molecule has 0 aromatic carbocycles. The number of fused-ring (bicyclic) bond motifs is 1. The van der Waals surface area contributed by atoms with E-state index in [0.717, 1.165) is 51.1 Å². The van der Waals surface area contributed by atoms with Gasteiger partial charge in [-0.1, -0.05) is 0 Å². The van der Waals surface area contributed by atoms with Gasteiger partial charge in [-0.15, -0.1) is 0 Å². The minimum atomic E-state index is -0.393. The lowest BCUT2D eigenvalue weighted by Gasteiger charge is -2.59. The van der Waals surface area contributed by atoms with Gasteiger partial charge in [0.05, 0.1) is 11.1 Å². The summed E-state index contributed by atoms with van der Waals surface area (Å²) in [6.07, 6.45) is 7.69. The molecule has 0 spiro atoms. The molecule has 2 aliphatic heterocycles. The van der Waals surface area contributed by atoms with Crippen molar-refractivity contribution in [2.24, 2.45) is 17.8 Å². The van der Waals surface area contributed by atoms with Crippen molar-refractivity contribution in [1.29, 1.82) is 0 Å². The molecule has 6 rings (SSSR count). The number of carbonyl (C=O) groups is 1. The second kappa shape index (κ2) is 3.76. The smallest absolute Gasteiger partial charge is 0.320 e. The summed E-state index contributed by atoms with van der Waals surface area (Å²) in [5.74, 6) is 1.82. The fourth-order valence-corrected chi connectivity index (χ4v) is 6.80. The molecule has 21 heavy (non-hydrogen) atoms. The number of aliphatic hydroxyl groups is 1. The summed E-state index contributed by atoms with van der Waals surface area (Å²) >= 11 is 0. The average molecular weight is 290 g/mol. The first-order chi connectivity index (χ1) is 9.97. The monoisotopic (exact) mass is 290 g/mol. The summed E-state index contributed by atoms with van der Waals surface area (Å²) in [7, 11) is 0. The molecule has 6 aliphatic rings. The molecule has 3 atom stereocenters. The van der Waals surface area contributed by atoms with Gasteiger partial charge in [-0.2, -0.15) is 0 Å². The van der Waals surface area contributed by atoms with Crippen molar-refractivity contribution < 1.29 is 9.90 Å². The zero-order valence-corrected chi connectivity index (χ0v) is 12.9. The Morgan fingerprint density at radius 1 is 1.19 bits per heavy atom. The predicted molar refractivity (Wildman–Crippen MR) is 78.7 cm³/mol. The third kappa shape index (κ3) is 1.57. The molecule has 2 unspecified atom stereocenters. The van der Waals surface area contributed by atoms with E-state index in [1.165, 1.54) is 12.8 Å². The Bertz CT molecular complexity index is 491. The van der Waals surface area contributed by atoms with E-state index in [4.69, 9.17) is 0 Å². The number of hydrogen-bond donors (Lipinski definition) is 1. The van der Waals surface area contributed by atoms with Crippen molar-refractivity contribution in [2.75, 3.05) is 13.1 Å². The molecular weight excluding hydrogens is 264 g/mol. The van der Waals surface area contributed by atoms with E-state index in [-0.39, 0.29) is 5.54 Å². The van der Waals surface area contributed by atoms with E-state index in [2.05, 4.69) is 16.7 Å². The lowest BCUT2D eigenvalue weighted by atomic mass is 9.52. The van der Waals surface area contributed by atoms with Crippen LogP contribution in [0.15, 0.2) is 0 Å². The maximum absolute atomic E-state index is 12.9. The van der Waals surface area contributed by atoms with Gasteiger partial charge in [-0.05, 0) is 69.6 Å². The highest BCUT2D eigenvalue weighted by Crippen LogP contribution is 2.58. The van der Waals surface area contributed by atoms with E-state index in [0.29, 0.717) is 23.9 Å². The highest BCUT2D eigenvalue weighted by molar-refractivity contribution is 5.79. The van der Waals surface area contributed by atoms with E-state index < -0.39 is 5.60 Å². The van der Waals surface area contributed by atoms with Crippen molar-refractivity contribution in [3.8, 4) is 0 Å². The third-order valence-electron chi connectivity index (χ3n) is 7.29. The van der Waals surface area contributed by atoms with Crippen molar-refractivity contribution in [2.45, 2.75) is 69.1 Å². The second-order valence-corrected chi connectivity index (χ2v) is 8.85. The first-order valence-electron chi connectivity index (χ1n) is 8.78. The van der Waals surface area contributed by atoms with Crippen LogP contribution >= 0.6 is 0 Å². The average Bonchev–Trinajstić information content (AvgIpc) is 2.85. The number of rotatable bonds is 1. The lowest BCUT2D eigenvalue weighted by molar-refractivity contribution is -0.152. The van der Waals surface area contributed by atoms with E-state index in [1.54, 1.807) is 0 Å². The fourth-order valence-electron chi connectivity index (χ4n) is 6.80. The minimum absolute atomic E-state index is 0.0860. The molecule has 4 heteroatoms. The molecule has 2 amide bonds. The van der Waals surface area contributed by atoms with E-state index in [9.17, 15) is 9.90 Å². The third-order valence-corrected chi connectivity index (χ3v) is 7.29. The van der Waals surface area contributed by atoms with Gasteiger partial charge in [0.2, 0.25) is 0 Å². The van der Waals surface area contributed by atoms with Crippen LogP contribution in [0.3, 0.4) is 0 Å². The highest BCUT2D eigenvalue weighted by Gasteiger charge is 2.60. The largest absolute Gasteiger partial charge is 0.390 e. The van der Waals surface area contributed by atoms with E-state index in [1.807, 2.05) is 0 Å². The Morgan fingerprint density at radius 2 is 1.90 bits per heavy atom. The number of carbonyl (C=O) groups excluding carboxylic acids is 1. The minimum Gasteiger partial charge on any atom is -0.390 e. The SMILES string of the molecule is C[C@@]12CCCN1C(=O)N(C1C3CC4CC1CC(O)(C4)C3)C2. The molecule has 4 saturated carbocycles. The van der Waals surface area contributed by atoms with Crippen molar-refractivity contribution in [1.82, 2.24) is 9.80 Å². The van der Waals surface area contributed by atoms with Gasteiger partial charge in [0.1, 0.15) is 0 Å². The molecule has 0 radical (unpaired) electrons. The molecule has 4 aliphatic carbocycles. The molecule has 4 nitrogen and oxygen atoms in total. The molecule has 4 bridgehead atoms. The van der Waals surface area contributed by atoms with Gasteiger partial charge >= 0.3 is 6.03 Å². The highest BCUT2D eigenvalue weighted by atomic mass is 16.3. The summed E-state index contributed by atoms with van der Waals surface area (Å²) in [6, 6.07) is 0.705. The predicted octanol–water partition coefficient (Wildman–Crippen LogP) is 2.22. The first kappa shape index (κ1) is 12.7. The van der Waals surface area contributed by atoms with Crippen LogP contribution in [0.1, 0.15) is 51.9 Å². The van der Waals surface area contributed by atoms with Gasteiger partial charge in [-0.25, -0.2) is 4.79 Å². The molecule has 2 saturated heterocycles. The maximum Gasteiger partial charge on any atom is 0.320 e. The van der Waals surface area contributed by atoms with Gasteiger partial charge < -0.3 is 14.9 Å². The van der Waals surface area contributed by atoms with Crippen LogP contribution in [0, 0.1) is 17.8 Å². The summed E-state index contributed by atoms with van der Waals surface area (Å²) in [5, 5.41) is 10.7. The van der Waals surface area contributed by atoms with Gasteiger partial charge in [0.15, 0.2) is 0 Å². The normalized spacial score (nSPS) is 54.7. The van der Waals surface area contributed by atoms with Crippen molar-refractivity contribution in [3.05, 3.63) is 0 Å². The molecule has 0 aromatic rings. The summed E-state index contributed by atoms with van der Waals surface area (Å²) < 4.78 is 0. The summed E-state index contributed by atoms with van der Waals surface area (Å²) in [4.78, 5) is 17.2. The van der Waals surface area contributed by atoms with Gasteiger partial charge in [0.25, 0.3) is 0 Å². The van der Waals surface area contributed by atoms with Gasteiger partial charge in [0, 0.05) is 19.1 Å². The van der Waals surface area contributed by atoms with Crippen LogP contribution in [0.5, 0.6) is 0 Å². The molecule has 116 valence electrons. The Kier molecular flexibility index (Phi) is 2.28. The molecule has 1 N–H and O–H groups in total. The number of nitrogens with zero attached hydrogens (tertiary/aromatic N) is 2. The van der Waals surface area contributed by atoms with Gasteiger partial charge in [-0.3, -0.25) is 0 Å². The number of amides is 2. The molecule has 0 aromatic heterocycles. The Morgan fingerprint density at radius 3 is 2.52 bits per heavy atom. The topological polar surface area (TPSA) is 43.8 Å². The van der Waals surface area contributed by atoms with Crippen molar-refractivity contribution in [3.63, 3.8) is 0 Å². The lowest BCUT2D eigenvalue weighted by Crippen LogP contribution is -2.62. The Balaban J connectivity index is 1.46. The molecular formula is C17H26N2O2. The second-order valence-electron chi connectivity index (χ2n) is 8.85. The number of urea groups is 1. The Hall–Kier alpha value is -0.770. The number of hydrogen-bond acceptors (Lipinski definition) is 2. The summed E-state index contributed by atoms with van der Waals surface area (Å²) in [6.45, 7) is 4.13. The van der Waals surface area contributed by atoms with Crippen molar-refractivity contribution >= 4 is 6.03 Å². The zero-order chi connectivity index (χ0) is 14.4. The molecule has 6 fully saturated rings. The fraction of sp³-hybridized carbons (Fsp3) is 0.941. The quantitative estimate of drug-likeness (QED) is 0.804.